The Morgan fingerprint density at radius 3 is 2.83 bits per heavy atom. The van der Waals surface area contributed by atoms with Crippen LogP contribution in [0.25, 0.3) is 0 Å². The van der Waals surface area contributed by atoms with Crippen LogP contribution in [0.2, 0.25) is 0 Å². The Bertz CT molecular complexity index is 684. The van der Waals surface area contributed by atoms with Gasteiger partial charge in [-0.2, -0.15) is 0 Å². The lowest BCUT2D eigenvalue weighted by atomic mass is 9.88. The molecule has 2 aliphatic rings. The zero-order valence-electron chi connectivity index (χ0n) is 13.7. The lowest BCUT2D eigenvalue weighted by molar-refractivity contribution is -0.133. The second kappa shape index (κ2) is 6.68. The summed E-state index contributed by atoms with van der Waals surface area (Å²) in [6.07, 6.45) is 6.62. The predicted molar refractivity (Wildman–Crippen MR) is 87.5 cm³/mol. The van der Waals surface area contributed by atoms with Crippen molar-refractivity contribution in [3.8, 4) is 5.75 Å². The molecule has 3 rings (SSSR count). The fraction of sp³-hybridized carbons (Fsp3) is 0.625. The second-order valence-corrected chi connectivity index (χ2v) is 8.72. The van der Waals surface area contributed by atoms with Gasteiger partial charge < -0.3 is 14.4 Å². The summed E-state index contributed by atoms with van der Waals surface area (Å²) in [5.41, 5.74) is -0.269. The van der Waals surface area contributed by atoms with Crippen LogP contribution < -0.4 is 4.74 Å². The van der Waals surface area contributed by atoms with Crippen LogP contribution in [0.1, 0.15) is 19.3 Å². The number of ether oxygens (including phenoxy) is 2. The SMILES string of the molecule is CS(=O)(=O)CC(=O)N1CCC2(CC1)C[C@@H](Oc1cccnc1)CO2. The van der Waals surface area contributed by atoms with Gasteiger partial charge in [-0.05, 0) is 25.0 Å². The number of sulfone groups is 1. The number of carbonyl (C=O) groups is 1. The van der Waals surface area contributed by atoms with E-state index in [0.29, 0.717) is 32.5 Å². The van der Waals surface area contributed by atoms with Gasteiger partial charge in [-0.25, -0.2) is 8.42 Å². The maximum Gasteiger partial charge on any atom is 0.237 e. The van der Waals surface area contributed by atoms with E-state index < -0.39 is 15.6 Å². The van der Waals surface area contributed by atoms with Gasteiger partial charge in [-0.3, -0.25) is 9.78 Å². The molecule has 2 saturated heterocycles. The third kappa shape index (κ3) is 4.24. The smallest absolute Gasteiger partial charge is 0.237 e. The zero-order valence-corrected chi connectivity index (χ0v) is 14.5. The number of rotatable bonds is 4. The van der Waals surface area contributed by atoms with Crippen LogP contribution in [0.4, 0.5) is 0 Å². The van der Waals surface area contributed by atoms with Gasteiger partial charge in [0.25, 0.3) is 0 Å². The monoisotopic (exact) mass is 354 g/mol. The molecule has 0 aromatic carbocycles. The number of carbonyl (C=O) groups excluding carboxylic acids is 1. The van der Waals surface area contributed by atoms with Crippen LogP contribution >= 0.6 is 0 Å². The second-order valence-electron chi connectivity index (χ2n) is 6.58. The van der Waals surface area contributed by atoms with Crippen molar-refractivity contribution in [3.05, 3.63) is 24.5 Å². The summed E-state index contributed by atoms with van der Waals surface area (Å²) in [5.74, 6) is -0.0226. The molecular formula is C16H22N2O5S. The van der Waals surface area contributed by atoms with Crippen molar-refractivity contribution < 1.29 is 22.7 Å². The van der Waals surface area contributed by atoms with E-state index in [1.807, 2.05) is 12.1 Å². The average Bonchev–Trinajstić information content (AvgIpc) is 2.90. The molecule has 1 aromatic heterocycles. The molecule has 1 spiro atoms. The summed E-state index contributed by atoms with van der Waals surface area (Å²) in [6, 6.07) is 3.69. The minimum absolute atomic E-state index is 0.0209. The van der Waals surface area contributed by atoms with Crippen LogP contribution in [-0.2, 0) is 19.4 Å². The molecule has 0 unspecified atom stereocenters. The topological polar surface area (TPSA) is 85.8 Å². The maximum atomic E-state index is 12.0. The number of hydrogen-bond donors (Lipinski definition) is 0. The van der Waals surface area contributed by atoms with Gasteiger partial charge in [-0.1, -0.05) is 0 Å². The van der Waals surface area contributed by atoms with Gasteiger partial charge in [-0.15, -0.1) is 0 Å². The molecule has 132 valence electrons. The van der Waals surface area contributed by atoms with Crippen LogP contribution in [-0.4, -0.2) is 67.6 Å². The Labute approximate surface area is 141 Å². The van der Waals surface area contributed by atoms with E-state index in [-0.39, 0.29) is 17.6 Å². The number of piperidine rings is 1. The van der Waals surface area contributed by atoms with Crippen molar-refractivity contribution in [3.63, 3.8) is 0 Å². The van der Waals surface area contributed by atoms with Crippen LogP contribution in [0.15, 0.2) is 24.5 Å². The van der Waals surface area contributed by atoms with Crippen LogP contribution in [0.5, 0.6) is 5.75 Å². The molecule has 0 N–H and O–H groups in total. The van der Waals surface area contributed by atoms with E-state index in [1.165, 1.54) is 0 Å². The lowest BCUT2D eigenvalue weighted by Gasteiger charge is -2.38. The van der Waals surface area contributed by atoms with E-state index in [1.54, 1.807) is 17.3 Å². The molecule has 0 aliphatic carbocycles. The van der Waals surface area contributed by atoms with Crippen molar-refractivity contribution in [1.82, 2.24) is 9.88 Å². The normalized spacial score (nSPS) is 23.4. The van der Waals surface area contributed by atoms with Gasteiger partial charge >= 0.3 is 0 Å². The number of likely N-dealkylation sites (tertiary alicyclic amines) is 1. The van der Waals surface area contributed by atoms with Crippen molar-refractivity contribution in [2.45, 2.75) is 31.0 Å². The third-order valence-corrected chi connectivity index (χ3v) is 5.30. The molecule has 0 radical (unpaired) electrons. The van der Waals surface area contributed by atoms with Crippen molar-refractivity contribution >= 4 is 15.7 Å². The van der Waals surface area contributed by atoms with Crippen molar-refractivity contribution in [1.29, 1.82) is 0 Å². The van der Waals surface area contributed by atoms with Gasteiger partial charge in [0.15, 0.2) is 9.84 Å². The fourth-order valence-electron chi connectivity index (χ4n) is 3.32. The molecule has 24 heavy (non-hydrogen) atoms. The highest BCUT2D eigenvalue weighted by Crippen LogP contribution is 2.37. The van der Waals surface area contributed by atoms with E-state index in [0.717, 1.165) is 18.4 Å². The molecule has 2 aliphatic heterocycles. The minimum atomic E-state index is -3.29. The first-order valence-electron chi connectivity index (χ1n) is 8.01. The Morgan fingerprint density at radius 1 is 1.46 bits per heavy atom. The Morgan fingerprint density at radius 2 is 2.21 bits per heavy atom. The highest BCUT2D eigenvalue weighted by molar-refractivity contribution is 7.91. The minimum Gasteiger partial charge on any atom is -0.486 e. The third-order valence-electron chi connectivity index (χ3n) is 4.53. The van der Waals surface area contributed by atoms with Gasteiger partial charge in [0.1, 0.15) is 17.6 Å². The molecule has 3 heterocycles. The Balaban J connectivity index is 1.52. The summed E-state index contributed by atoms with van der Waals surface area (Å²) in [5, 5.41) is 0. The van der Waals surface area contributed by atoms with Gasteiger partial charge in [0.05, 0.1) is 18.4 Å². The molecule has 7 nitrogen and oxygen atoms in total. The van der Waals surface area contributed by atoms with Crippen LogP contribution in [0.3, 0.4) is 0 Å². The summed E-state index contributed by atoms with van der Waals surface area (Å²) >= 11 is 0. The first kappa shape index (κ1) is 17.2. The number of hydrogen-bond acceptors (Lipinski definition) is 6. The highest BCUT2D eigenvalue weighted by atomic mass is 32.2. The number of pyridine rings is 1. The molecule has 2 fully saturated rings. The first-order chi connectivity index (χ1) is 11.4. The highest BCUT2D eigenvalue weighted by Gasteiger charge is 2.44. The van der Waals surface area contributed by atoms with E-state index in [9.17, 15) is 13.2 Å². The summed E-state index contributed by atoms with van der Waals surface area (Å²) in [6.45, 7) is 1.56. The summed E-state index contributed by atoms with van der Waals surface area (Å²) in [7, 11) is -3.29. The molecule has 0 bridgehead atoms. The van der Waals surface area contributed by atoms with Crippen molar-refractivity contribution in [2.75, 3.05) is 31.7 Å². The van der Waals surface area contributed by atoms with E-state index in [2.05, 4.69) is 4.98 Å². The van der Waals surface area contributed by atoms with Crippen molar-refractivity contribution in [2.24, 2.45) is 0 Å². The van der Waals surface area contributed by atoms with E-state index >= 15 is 0 Å². The Hall–Kier alpha value is -1.67. The standard InChI is InChI=1S/C16H22N2O5S/c1-24(20,21)12-15(19)18-7-4-16(5-8-18)9-14(11-22-16)23-13-3-2-6-17-10-13/h2-3,6,10,14H,4-5,7-9,11-12H2,1H3/t14-/m1/s1. The predicted octanol–water partition coefficient (Wildman–Crippen LogP) is 0.655. The molecule has 0 saturated carbocycles. The molecule has 1 atom stereocenters. The largest absolute Gasteiger partial charge is 0.486 e. The maximum absolute atomic E-state index is 12.0. The molecule has 1 amide bonds. The number of nitrogens with zero attached hydrogens (tertiary/aromatic N) is 2. The molecular weight excluding hydrogens is 332 g/mol. The zero-order chi connectivity index (χ0) is 17.2. The average molecular weight is 354 g/mol. The lowest BCUT2D eigenvalue weighted by Crippen LogP contribution is -2.48. The quantitative estimate of drug-likeness (QED) is 0.789. The summed E-state index contributed by atoms with van der Waals surface area (Å²) in [4.78, 5) is 17.6. The molecule has 8 heteroatoms. The van der Waals surface area contributed by atoms with Crippen LogP contribution in [0, 0.1) is 0 Å². The Kier molecular flexibility index (Phi) is 4.78. The number of aromatic nitrogens is 1. The molecule has 1 aromatic rings. The number of amides is 1. The van der Waals surface area contributed by atoms with Gasteiger partial charge in [0, 0.05) is 32.0 Å². The van der Waals surface area contributed by atoms with E-state index in [4.69, 9.17) is 9.47 Å². The fourth-order valence-corrected chi connectivity index (χ4v) is 3.95. The van der Waals surface area contributed by atoms with Gasteiger partial charge in [0.2, 0.25) is 5.91 Å². The first-order valence-corrected chi connectivity index (χ1v) is 10.1. The summed E-state index contributed by atoms with van der Waals surface area (Å²) < 4.78 is 34.4.